The summed E-state index contributed by atoms with van der Waals surface area (Å²) in [5.41, 5.74) is 6.44. The van der Waals surface area contributed by atoms with Gasteiger partial charge in [0.15, 0.2) is 0 Å². The molecule has 5 nitrogen and oxygen atoms in total. The first-order valence-corrected chi connectivity index (χ1v) is 4.73. The molecule has 5 heteroatoms. The molecule has 0 saturated carbocycles. The van der Waals surface area contributed by atoms with Gasteiger partial charge in [-0.05, 0) is 13.5 Å². The Balaban J connectivity index is 2.56. The minimum atomic E-state index is 0.00349. The molecule has 1 aromatic rings. The minimum absolute atomic E-state index is 0.00349. The predicted octanol–water partition coefficient (Wildman–Crippen LogP) is -0.480. The van der Waals surface area contributed by atoms with Gasteiger partial charge in [-0.2, -0.15) is 0 Å². The van der Waals surface area contributed by atoms with Crippen LogP contribution >= 0.6 is 0 Å². The maximum atomic E-state index is 11.3. The van der Waals surface area contributed by atoms with Crippen molar-refractivity contribution in [3.05, 3.63) is 18.2 Å². The molecule has 1 aromatic heterocycles. The Kier molecular flexibility index (Phi) is 4.12. The number of hydrogen-bond donors (Lipinski definition) is 2. The summed E-state index contributed by atoms with van der Waals surface area (Å²) in [6.07, 6.45) is 4.14. The largest absolute Gasteiger partial charge is 0.355 e. The number of hydrogen-bond acceptors (Lipinski definition) is 3. The standard InChI is InChI=1S/C9H16N4O/c1-2-12-9(14)6-13-7-11-5-8(13)3-4-10/h5,7H,2-4,6,10H2,1H3,(H,12,14). The third-order valence-electron chi connectivity index (χ3n) is 1.89. The highest BCUT2D eigenvalue weighted by atomic mass is 16.1. The van der Waals surface area contributed by atoms with Crippen LogP contribution in [0.3, 0.4) is 0 Å². The number of aromatic nitrogens is 2. The molecule has 14 heavy (non-hydrogen) atoms. The van der Waals surface area contributed by atoms with E-state index in [-0.39, 0.29) is 5.91 Å². The van der Waals surface area contributed by atoms with Crippen molar-refractivity contribution in [1.29, 1.82) is 0 Å². The van der Waals surface area contributed by atoms with Gasteiger partial charge < -0.3 is 15.6 Å². The van der Waals surface area contributed by atoms with Gasteiger partial charge in [-0.15, -0.1) is 0 Å². The fourth-order valence-corrected chi connectivity index (χ4v) is 1.25. The maximum absolute atomic E-state index is 11.3. The number of nitrogens with two attached hydrogens (primary N) is 1. The van der Waals surface area contributed by atoms with Crippen molar-refractivity contribution >= 4 is 5.91 Å². The van der Waals surface area contributed by atoms with Crippen LogP contribution in [0.25, 0.3) is 0 Å². The van der Waals surface area contributed by atoms with Crippen LogP contribution in [0.4, 0.5) is 0 Å². The summed E-state index contributed by atoms with van der Waals surface area (Å²) in [6.45, 7) is 3.44. The molecule has 0 fully saturated rings. The van der Waals surface area contributed by atoms with Gasteiger partial charge in [0, 0.05) is 24.9 Å². The lowest BCUT2D eigenvalue weighted by atomic mass is 10.3. The van der Waals surface area contributed by atoms with Crippen molar-refractivity contribution in [3.63, 3.8) is 0 Å². The average Bonchev–Trinajstić information content (AvgIpc) is 2.54. The Morgan fingerprint density at radius 3 is 3.14 bits per heavy atom. The molecular weight excluding hydrogens is 180 g/mol. The molecule has 0 spiro atoms. The van der Waals surface area contributed by atoms with E-state index in [1.165, 1.54) is 0 Å². The number of likely N-dealkylation sites (N-methyl/N-ethyl adjacent to an activating group) is 1. The van der Waals surface area contributed by atoms with Crippen molar-refractivity contribution in [2.24, 2.45) is 5.73 Å². The van der Waals surface area contributed by atoms with E-state index in [0.717, 1.165) is 12.1 Å². The van der Waals surface area contributed by atoms with Crippen LogP contribution in [0.2, 0.25) is 0 Å². The zero-order chi connectivity index (χ0) is 10.4. The van der Waals surface area contributed by atoms with Crippen molar-refractivity contribution in [3.8, 4) is 0 Å². The second-order valence-corrected chi connectivity index (χ2v) is 3.01. The van der Waals surface area contributed by atoms with Gasteiger partial charge in [0.1, 0.15) is 6.54 Å². The van der Waals surface area contributed by atoms with Crippen molar-refractivity contribution in [1.82, 2.24) is 14.9 Å². The van der Waals surface area contributed by atoms with E-state index in [2.05, 4.69) is 10.3 Å². The van der Waals surface area contributed by atoms with E-state index in [9.17, 15) is 4.79 Å². The predicted molar refractivity (Wildman–Crippen MR) is 53.7 cm³/mol. The molecule has 3 N–H and O–H groups in total. The summed E-state index contributed by atoms with van der Waals surface area (Å²) >= 11 is 0. The molecule has 0 aliphatic carbocycles. The highest BCUT2D eigenvalue weighted by Gasteiger charge is 2.05. The van der Waals surface area contributed by atoms with E-state index < -0.39 is 0 Å². The third kappa shape index (κ3) is 2.85. The molecule has 1 amide bonds. The second-order valence-electron chi connectivity index (χ2n) is 3.01. The number of amides is 1. The smallest absolute Gasteiger partial charge is 0.239 e. The topological polar surface area (TPSA) is 72.9 Å². The number of nitrogens with one attached hydrogen (secondary N) is 1. The van der Waals surface area contributed by atoms with Crippen molar-refractivity contribution in [2.45, 2.75) is 19.9 Å². The number of nitrogens with zero attached hydrogens (tertiary/aromatic N) is 2. The molecule has 1 heterocycles. The lowest BCUT2D eigenvalue weighted by Crippen LogP contribution is -2.27. The van der Waals surface area contributed by atoms with Crippen LogP contribution in [0.15, 0.2) is 12.5 Å². The minimum Gasteiger partial charge on any atom is -0.355 e. The monoisotopic (exact) mass is 196 g/mol. The Morgan fingerprint density at radius 1 is 1.71 bits per heavy atom. The van der Waals surface area contributed by atoms with Crippen LogP contribution in [0.5, 0.6) is 0 Å². The SMILES string of the molecule is CCNC(=O)Cn1cncc1CCN. The fraction of sp³-hybridized carbons (Fsp3) is 0.556. The normalized spacial score (nSPS) is 10.1. The van der Waals surface area contributed by atoms with Gasteiger partial charge in [-0.25, -0.2) is 4.98 Å². The van der Waals surface area contributed by atoms with E-state index in [1.807, 2.05) is 11.5 Å². The van der Waals surface area contributed by atoms with Gasteiger partial charge in [0.05, 0.1) is 6.33 Å². The molecule has 0 aliphatic heterocycles. The van der Waals surface area contributed by atoms with Crippen molar-refractivity contribution in [2.75, 3.05) is 13.1 Å². The molecule has 1 rings (SSSR count). The quantitative estimate of drug-likeness (QED) is 0.668. The molecule has 0 unspecified atom stereocenters. The molecule has 0 radical (unpaired) electrons. The van der Waals surface area contributed by atoms with Crippen LogP contribution in [-0.2, 0) is 17.8 Å². The molecule has 0 aromatic carbocycles. The second kappa shape index (κ2) is 5.39. The van der Waals surface area contributed by atoms with Gasteiger partial charge in [0.25, 0.3) is 0 Å². The van der Waals surface area contributed by atoms with Crippen molar-refractivity contribution < 1.29 is 4.79 Å². The van der Waals surface area contributed by atoms with E-state index >= 15 is 0 Å². The summed E-state index contributed by atoms with van der Waals surface area (Å²) < 4.78 is 1.82. The van der Waals surface area contributed by atoms with Gasteiger partial charge in [-0.3, -0.25) is 4.79 Å². The van der Waals surface area contributed by atoms with Crippen LogP contribution in [0.1, 0.15) is 12.6 Å². The summed E-state index contributed by atoms with van der Waals surface area (Å²) in [5, 5.41) is 2.73. The molecule has 78 valence electrons. The summed E-state index contributed by atoms with van der Waals surface area (Å²) in [4.78, 5) is 15.3. The lowest BCUT2D eigenvalue weighted by molar-refractivity contribution is -0.121. The highest BCUT2D eigenvalue weighted by molar-refractivity contribution is 5.75. The Morgan fingerprint density at radius 2 is 2.50 bits per heavy atom. The summed E-state index contributed by atoms with van der Waals surface area (Å²) in [5.74, 6) is 0.00349. The highest BCUT2D eigenvalue weighted by Crippen LogP contribution is 1.99. The van der Waals surface area contributed by atoms with Gasteiger partial charge in [-0.1, -0.05) is 0 Å². The molecule has 0 aliphatic rings. The zero-order valence-corrected chi connectivity index (χ0v) is 8.36. The first-order chi connectivity index (χ1) is 6.77. The molecule has 0 saturated heterocycles. The third-order valence-corrected chi connectivity index (χ3v) is 1.89. The Labute approximate surface area is 83.3 Å². The Bertz CT molecular complexity index is 295. The maximum Gasteiger partial charge on any atom is 0.239 e. The number of carbonyl (C=O) groups is 1. The Hall–Kier alpha value is -1.36. The number of carbonyl (C=O) groups excluding carboxylic acids is 1. The van der Waals surface area contributed by atoms with Crippen LogP contribution < -0.4 is 11.1 Å². The fourth-order valence-electron chi connectivity index (χ4n) is 1.25. The number of imidazole rings is 1. The molecule has 0 atom stereocenters. The zero-order valence-electron chi connectivity index (χ0n) is 8.36. The first kappa shape index (κ1) is 10.7. The van der Waals surface area contributed by atoms with E-state index in [4.69, 9.17) is 5.73 Å². The number of rotatable bonds is 5. The first-order valence-electron chi connectivity index (χ1n) is 4.73. The summed E-state index contributed by atoms with van der Waals surface area (Å²) in [7, 11) is 0. The molecular formula is C9H16N4O. The molecule has 0 bridgehead atoms. The van der Waals surface area contributed by atoms with Gasteiger partial charge >= 0.3 is 0 Å². The summed E-state index contributed by atoms with van der Waals surface area (Å²) in [6, 6.07) is 0. The van der Waals surface area contributed by atoms with E-state index in [1.54, 1.807) is 12.5 Å². The average molecular weight is 196 g/mol. The van der Waals surface area contributed by atoms with E-state index in [0.29, 0.717) is 19.6 Å². The van der Waals surface area contributed by atoms with Gasteiger partial charge in [0.2, 0.25) is 5.91 Å². The lowest BCUT2D eigenvalue weighted by Gasteiger charge is -2.06. The van der Waals surface area contributed by atoms with Crippen LogP contribution in [0, 0.1) is 0 Å². The van der Waals surface area contributed by atoms with Crippen LogP contribution in [-0.4, -0.2) is 28.5 Å².